The lowest BCUT2D eigenvalue weighted by atomic mass is 9.72. The second-order valence-electron chi connectivity index (χ2n) is 7.63. The molecule has 1 saturated carbocycles. The van der Waals surface area contributed by atoms with Crippen LogP contribution >= 0.6 is 0 Å². The van der Waals surface area contributed by atoms with E-state index in [4.69, 9.17) is 4.74 Å². The maximum atomic E-state index is 14.6. The van der Waals surface area contributed by atoms with Crippen LogP contribution in [-0.4, -0.2) is 12.8 Å². The summed E-state index contributed by atoms with van der Waals surface area (Å²) in [6.45, 7) is 2.60. The molecule has 3 unspecified atom stereocenters. The Labute approximate surface area is 146 Å². The van der Waals surface area contributed by atoms with Gasteiger partial charge in [-0.2, -0.15) is 0 Å². The van der Waals surface area contributed by atoms with E-state index in [-0.39, 0.29) is 11.5 Å². The van der Waals surface area contributed by atoms with Gasteiger partial charge in [0.2, 0.25) is 0 Å². The van der Waals surface area contributed by atoms with Crippen LogP contribution in [0.1, 0.15) is 63.5 Å². The van der Waals surface area contributed by atoms with Crippen LogP contribution in [0.2, 0.25) is 0 Å². The van der Waals surface area contributed by atoms with Crippen LogP contribution in [0.4, 0.5) is 17.6 Å². The summed E-state index contributed by atoms with van der Waals surface area (Å²) < 4.78 is 60.1. The molecule has 3 atom stereocenters. The Morgan fingerprint density at radius 1 is 1.00 bits per heavy atom. The number of halogens is 4. The standard InChI is InChI=1S/C20H26F4O/c1-2-3-12-4-6-13(7-5-12)15-10-18(23)20(25-11-15)14-8-16(21)19(24)17(22)9-14/h8-9,12-13,15,18,20H,2-7,10-11H2,1H3. The molecule has 0 radical (unpaired) electrons. The van der Waals surface area contributed by atoms with Gasteiger partial charge in [-0.05, 0) is 54.7 Å². The van der Waals surface area contributed by atoms with Crippen molar-refractivity contribution in [3.8, 4) is 0 Å². The maximum absolute atomic E-state index is 14.6. The molecule has 140 valence electrons. The van der Waals surface area contributed by atoms with Crippen molar-refractivity contribution < 1.29 is 22.3 Å². The molecule has 0 aromatic heterocycles. The fourth-order valence-corrected chi connectivity index (χ4v) is 4.54. The quantitative estimate of drug-likeness (QED) is 0.465. The molecule has 5 heteroatoms. The van der Waals surface area contributed by atoms with Crippen LogP contribution in [0.15, 0.2) is 12.1 Å². The smallest absolute Gasteiger partial charge is 0.194 e. The zero-order valence-corrected chi connectivity index (χ0v) is 14.6. The number of ether oxygens (including phenoxy) is 1. The lowest BCUT2D eigenvalue weighted by Gasteiger charge is -2.39. The topological polar surface area (TPSA) is 9.23 Å². The fourth-order valence-electron chi connectivity index (χ4n) is 4.54. The molecular weight excluding hydrogens is 332 g/mol. The summed E-state index contributed by atoms with van der Waals surface area (Å²) >= 11 is 0. The van der Waals surface area contributed by atoms with E-state index < -0.39 is 29.7 Å². The van der Waals surface area contributed by atoms with Gasteiger partial charge in [0.1, 0.15) is 12.3 Å². The van der Waals surface area contributed by atoms with E-state index in [0.717, 1.165) is 30.9 Å². The third kappa shape index (κ3) is 4.18. The molecule has 0 N–H and O–H groups in total. The van der Waals surface area contributed by atoms with Gasteiger partial charge >= 0.3 is 0 Å². The molecule has 25 heavy (non-hydrogen) atoms. The average molecular weight is 358 g/mol. The minimum Gasteiger partial charge on any atom is -0.370 e. The Morgan fingerprint density at radius 2 is 1.64 bits per heavy atom. The van der Waals surface area contributed by atoms with Crippen LogP contribution < -0.4 is 0 Å². The lowest BCUT2D eigenvalue weighted by Crippen LogP contribution is -2.35. The number of benzene rings is 1. The van der Waals surface area contributed by atoms with Gasteiger partial charge in [0.05, 0.1) is 6.61 Å². The summed E-state index contributed by atoms with van der Waals surface area (Å²) in [5.41, 5.74) is 0.0361. The minimum absolute atomic E-state index is 0.0361. The first-order chi connectivity index (χ1) is 12.0. The summed E-state index contributed by atoms with van der Waals surface area (Å²) in [5.74, 6) is -2.72. The summed E-state index contributed by atoms with van der Waals surface area (Å²) in [7, 11) is 0. The highest BCUT2D eigenvalue weighted by Crippen LogP contribution is 2.42. The summed E-state index contributed by atoms with van der Waals surface area (Å²) in [6.07, 6.45) is 5.09. The SMILES string of the molecule is CCCC1CCC(C2COC(c3cc(F)c(F)c(F)c3)C(F)C2)CC1. The summed E-state index contributed by atoms with van der Waals surface area (Å²) in [5, 5.41) is 0. The van der Waals surface area contributed by atoms with Gasteiger partial charge in [-0.25, -0.2) is 17.6 Å². The number of alkyl halides is 1. The van der Waals surface area contributed by atoms with Crippen LogP contribution in [0, 0.1) is 35.2 Å². The number of rotatable bonds is 4. The van der Waals surface area contributed by atoms with Crippen molar-refractivity contribution in [2.45, 2.75) is 64.1 Å². The highest BCUT2D eigenvalue weighted by atomic mass is 19.2. The summed E-state index contributed by atoms with van der Waals surface area (Å²) in [6, 6.07) is 1.68. The van der Waals surface area contributed by atoms with Crippen LogP contribution in [0.5, 0.6) is 0 Å². The molecule has 1 saturated heterocycles. The average Bonchev–Trinajstić information content (AvgIpc) is 2.60. The Hall–Kier alpha value is -1.10. The molecule has 1 heterocycles. The van der Waals surface area contributed by atoms with Crippen LogP contribution in [0.3, 0.4) is 0 Å². The van der Waals surface area contributed by atoms with Crippen molar-refractivity contribution in [2.75, 3.05) is 6.61 Å². The van der Waals surface area contributed by atoms with Crippen molar-refractivity contribution >= 4 is 0 Å². The van der Waals surface area contributed by atoms with E-state index in [9.17, 15) is 17.6 Å². The monoisotopic (exact) mass is 358 g/mol. The van der Waals surface area contributed by atoms with Crippen molar-refractivity contribution in [1.82, 2.24) is 0 Å². The molecule has 1 nitrogen and oxygen atoms in total. The molecule has 1 aromatic carbocycles. The molecule has 2 aliphatic rings. The first kappa shape index (κ1) is 18.7. The predicted octanol–water partition coefficient (Wildman–Crippen LogP) is 6.13. The normalized spacial score (nSPS) is 33.4. The Kier molecular flexibility index (Phi) is 6.03. The van der Waals surface area contributed by atoms with Gasteiger partial charge in [-0.3, -0.25) is 0 Å². The first-order valence-corrected chi connectivity index (χ1v) is 9.39. The van der Waals surface area contributed by atoms with Gasteiger partial charge in [-0.1, -0.05) is 32.6 Å². The molecule has 1 aliphatic carbocycles. The van der Waals surface area contributed by atoms with Crippen molar-refractivity contribution in [3.63, 3.8) is 0 Å². The lowest BCUT2D eigenvalue weighted by molar-refractivity contribution is -0.0874. The molecule has 0 spiro atoms. The van der Waals surface area contributed by atoms with Gasteiger partial charge in [0.25, 0.3) is 0 Å². The number of hydrogen-bond acceptors (Lipinski definition) is 1. The molecule has 0 bridgehead atoms. The third-order valence-electron chi connectivity index (χ3n) is 5.94. The van der Waals surface area contributed by atoms with Crippen LogP contribution in [0.25, 0.3) is 0 Å². The van der Waals surface area contributed by atoms with Gasteiger partial charge in [0.15, 0.2) is 17.5 Å². The molecule has 1 aromatic rings. The Bertz CT molecular complexity index is 560. The first-order valence-electron chi connectivity index (χ1n) is 9.39. The van der Waals surface area contributed by atoms with Gasteiger partial charge in [0, 0.05) is 0 Å². The highest BCUT2D eigenvalue weighted by molar-refractivity contribution is 5.23. The Balaban J connectivity index is 1.60. The van der Waals surface area contributed by atoms with E-state index in [0.29, 0.717) is 18.9 Å². The maximum Gasteiger partial charge on any atom is 0.194 e. The van der Waals surface area contributed by atoms with E-state index in [1.165, 1.54) is 25.7 Å². The molecule has 1 aliphatic heterocycles. The Morgan fingerprint density at radius 3 is 2.20 bits per heavy atom. The molecule has 2 fully saturated rings. The molecule has 3 rings (SSSR count). The molecular formula is C20H26F4O. The fraction of sp³-hybridized carbons (Fsp3) is 0.700. The predicted molar refractivity (Wildman–Crippen MR) is 88.4 cm³/mol. The van der Waals surface area contributed by atoms with Gasteiger partial charge < -0.3 is 4.74 Å². The van der Waals surface area contributed by atoms with Crippen molar-refractivity contribution in [2.24, 2.45) is 17.8 Å². The number of hydrogen-bond donors (Lipinski definition) is 0. The van der Waals surface area contributed by atoms with Crippen LogP contribution in [-0.2, 0) is 4.74 Å². The zero-order valence-electron chi connectivity index (χ0n) is 14.6. The minimum atomic E-state index is -1.53. The van der Waals surface area contributed by atoms with Gasteiger partial charge in [-0.15, -0.1) is 0 Å². The zero-order chi connectivity index (χ0) is 18.0. The second-order valence-corrected chi connectivity index (χ2v) is 7.63. The summed E-state index contributed by atoms with van der Waals surface area (Å²) in [4.78, 5) is 0. The second kappa shape index (κ2) is 8.07. The van der Waals surface area contributed by atoms with E-state index >= 15 is 0 Å². The third-order valence-corrected chi connectivity index (χ3v) is 5.94. The van der Waals surface area contributed by atoms with Crippen molar-refractivity contribution in [1.29, 1.82) is 0 Å². The van der Waals surface area contributed by atoms with E-state index in [1.54, 1.807) is 0 Å². The largest absolute Gasteiger partial charge is 0.370 e. The van der Waals surface area contributed by atoms with E-state index in [2.05, 4.69) is 6.92 Å². The van der Waals surface area contributed by atoms with E-state index in [1.807, 2.05) is 0 Å². The highest BCUT2D eigenvalue weighted by Gasteiger charge is 2.37. The molecule has 0 amide bonds. The van der Waals surface area contributed by atoms with Crippen molar-refractivity contribution in [3.05, 3.63) is 35.1 Å².